The summed E-state index contributed by atoms with van der Waals surface area (Å²) >= 11 is 0. The summed E-state index contributed by atoms with van der Waals surface area (Å²) in [5.74, 6) is -0.143. The Morgan fingerprint density at radius 2 is 1.94 bits per heavy atom. The van der Waals surface area contributed by atoms with Gasteiger partial charge in [0.15, 0.2) is 0 Å². The van der Waals surface area contributed by atoms with Crippen LogP contribution in [0.3, 0.4) is 0 Å². The number of fused-ring (bicyclic) bond motifs is 1. The van der Waals surface area contributed by atoms with E-state index in [9.17, 15) is 14.4 Å². The molecule has 0 saturated carbocycles. The molecule has 2 heterocycles. The molecule has 1 saturated heterocycles. The number of nitrogens with zero attached hydrogens (tertiary/aromatic N) is 1. The first-order chi connectivity index (χ1) is 16.3. The second-order valence-corrected chi connectivity index (χ2v) is 8.81. The Kier molecular flexibility index (Phi) is 8.92. The van der Waals surface area contributed by atoms with Crippen molar-refractivity contribution in [1.82, 2.24) is 4.90 Å². The number of nitrogens with two attached hydrogens (primary N) is 1. The van der Waals surface area contributed by atoms with Crippen LogP contribution in [0.1, 0.15) is 66.1 Å². The Morgan fingerprint density at radius 3 is 2.62 bits per heavy atom. The van der Waals surface area contributed by atoms with Crippen molar-refractivity contribution >= 4 is 23.7 Å². The number of benzene rings is 1. The molecule has 2 amide bonds. The summed E-state index contributed by atoms with van der Waals surface area (Å²) in [5, 5.41) is 2.58. The molecule has 0 bridgehead atoms. The smallest absolute Gasteiger partial charge is 0.341 e. The summed E-state index contributed by atoms with van der Waals surface area (Å²) < 4.78 is 16.2. The molecule has 34 heavy (non-hydrogen) atoms. The number of anilines is 1. The molecule has 0 spiro atoms. The summed E-state index contributed by atoms with van der Waals surface area (Å²) in [6.07, 6.45) is 6.89. The molecule has 3 rings (SSSR count). The summed E-state index contributed by atoms with van der Waals surface area (Å²) in [6.45, 7) is 7.28. The van der Waals surface area contributed by atoms with Crippen molar-refractivity contribution in [3.63, 3.8) is 0 Å². The van der Waals surface area contributed by atoms with Gasteiger partial charge in [-0.3, -0.25) is 9.69 Å². The van der Waals surface area contributed by atoms with E-state index < -0.39 is 12.0 Å². The fourth-order valence-electron chi connectivity index (χ4n) is 4.54. The lowest BCUT2D eigenvalue weighted by Gasteiger charge is -2.25. The summed E-state index contributed by atoms with van der Waals surface area (Å²) in [6, 6.07) is -0.776. The van der Waals surface area contributed by atoms with Crippen LogP contribution >= 0.6 is 0 Å². The first-order valence-electron chi connectivity index (χ1n) is 11.8. The molecule has 1 aromatic carbocycles. The van der Waals surface area contributed by atoms with Gasteiger partial charge in [0.25, 0.3) is 0 Å². The van der Waals surface area contributed by atoms with Crippen molar-refractivity contribution in [2.24, 2.45) is 5.73 Å². The lowest BCUT2D eigenvalue weighted by molar-refractivity contribution is -0.144. The van der Waals surface area contributed by atoms with Crippen LogP contribution in [0.4, 0.5) is 10.5 Å². The average Bonchev–Trinajstić information content (AvgIpc) is 3.20. The number of hydrogen-bond acceptors (Lipinski definition) is 7. The van der Waals surface area contributed by atoms with E-state index in [1.165, 1.54) is 19.3 Å². The summed E-state index contributed by atoms with van der Waals surface area (Å²) in [7, 11) is 1.54. The van der Waals surface area contributed by atoms with Crippen molar-refractivity contribution in [3.8, 4) is 5.75 Å². The first-order valence-corrected chi connectivity index (χ1v) is 11.8. The van der Waals surface area contributed by atoms with Crippen LogP contribution in [-0.2, 0) is 27.3 Å². The molecule has 1 fully saturated rings. The van der Waals surface area contributed by atoms with Gasteiger partial charge in [-0.05, 0) is 58.2 Å². The maximum absolute atomic E-state index is 12.3. The Labute approximate surface area is 200 Å². The summed E-state index contributed by atoms with van der Waals surface area (Å²) in [4.78, 5) is 38.5. The minimum atomic E-state index is -0.776. The number of esters is 2. The lowest BCUT2D eigenvalue weighted by atomic mass is 9.93. The van der Waals surface area contributed by atoms with Crippen molar-refractivity contribution in [2.75, 3.05) is 38.7 Å². The highest BCUT2D eigenvalue weighted by atomic mass is 16.5. The molecule has 9 heteroatoms. The van der Waals surface area contributed by atoms with Crippen LogP contribution in [0.15, 0.2) is 11.6 Å². The van der Waals surface area contributed by atoms with E-state index in [1.807, 2.05) is 19.9 Å². The Balaban J connectivity index is 1.63. The average molecular weight is 474 g/mol. The van der Waals surface area contributed by atoms with Crippen LogP contribution in [0.5, 0.6) is 5.75 Å². The van der Waals surface area contributed by atoms with E-state index in [0.717, 1.165) is 30.8 Å². The van der Waals surface area contributed by atoms with Gasteiger partial charge < -0.3 is 25.3 Å². The monoisotopic (exact) mass is 473 g/mol. The second kappa shape index (κ2) is 11.9. The molecule has 2 aliphatic heterocycles. The zero-order valence-electron chi connectivity index (χ0n) is 20.3. The Bertz CT molecular complexity index is 966. The van der Waals surface area contributed by atoms with Crippen molar-refractivity contribution < 1.29 is 28.6 Å². The number of urea groups is 1. The Hall–Kier alpha value is -3.07. The quantitative estimate of drug-likeness (QED) is 0.394. The Morgan fingerprint density at radius 1 is 1.21 bits per heavy atom. The number of piperidine rings is 1. The summed E-state index contributed by atoms with van der Waals surface area (Å²) in [5.41, 5.74) is 9.10. The number of amides is 2. The van der Waals surface area contributed by atoms with Crippen LogP contribution in [0, 0.1) is 6.92 Å². The molecule has 0 unspecified atom stereocenters. The number of rotatable bonds is 10. The van der Waals surface area contributed by atoms with Gasteiger partial charge >= 0.3 is 18.0 Å². The number of nitrogens with one attached hydrogen (secondary N) is 1. The number of cyclic esters (lactones) is 1. The second-order valence-electron chi connectivity index (χ2n) is 8.81. The maximum atomic E-state index is 12.3. The molecule has 3 N–H and O–H groups in total. The van der Waals surface area contributed by atoms with E-state index in [-0.39, 0.29) is 12.6 Å². The topological polar surface area (TPSA) is 120 Å². The van der Waals surface area contributed by atoms with Gasteiger partial charge in [-0.2, -0.15) is 0 Å². The highest BCUT2D eigenvalue weighted by Gasteiger charge is 2.32. The number of hydrogen-bond donors (Lipinski definition) is 2. The molecule has 0 aliphatic carbocycles. The van der Waals surface area contributed by atoms with Gasteiger partial charge in [-0.25, -0.2) is 9.59 Å². The molecule has 0 atom stereocenters. The van der Waals surface area contributed by atoms with Crippen LogP contribution in [-0.4, -0.2) is 56.2 Å². The van der Waals surface area contributed by atoms with Crippen LogP contribution in [0.2, 0.25) is 0 Å². The fourth-order valence-corrected chi connectivity index (χ4v) is 4.54. The third-order valence-electron chi connectivity index (χ3n) is 6.42. The zero-order valence-corrected chi connectivity index (χ0v) is 20.3. The van der Waals surface area contributed by atoms with E-state index >= 15 is 0 Å². The van der Waals surface area contributed by atoms with Gasteiger partial charge in [0, 0.05) is 24.1 Å². The highest BCUT2D eigenvalue weighted by Crippen LogP contribution is 2.41. The van der Waals surface area contributed by atoms with Crippen LogP contribution < -0.4 is 15.8 Å². The molecule has 9 nitrogen and oxygen atoms in total. The van der Waals surface area contributed by atoms with Gasteiger partial charge in [0.1, 0.15) is 19.0 Å². The number of likely N-dealkylation sites (tertiary alicyclic amines) is 1. The van der Waals surface area contributed by atoms with E-state index in [4.69, 9.17) is 19.9 Å². The van der Waals surface area contributed by atoms with Crippen molar-refractivity contribution in [1.29, 1.82) is 0 Å². The lowest BCUT2D eigenvalue weighted by Crippen LogP contribution is -2.33. The minimum absolute atomic E-state index is 0.124. The number of allylic oxidation sites excluding steroid dienone is 2. The van der Waals surface area contributed by atoms with Gasteiger partial charge in [-0.15, -0.1) is 0 Å². The van der Waals surface area contributed by atoms with Gasteiger partial charge in [0.2, 0.25) is 0 Å². The highest BCUT2D eigenvalue weighted by molar-refractivity contribution is 6.05. The standard InChI is InChI=1S/C25H35N3O6/c1-16(8-10-20(29)33-14-13-28-11-5-4-6-12-28)7-9-18-22(27-25(26)31)21-19(15-34-24(21)30)17(2)23(18)32-3/h7H,4-6,8-15H2,1-3H3,(H3,26,27,31). The van der Waals surface area contributed by atoms with Gasteiger partial charge in [-0.1, -0.05) is 18.1 Å². The molecule has 186 valence electrons. The van der Waals surface area contributed by atoms with Crippen LogP contribution in [0.25, 0.3) is 0 Å². The normalized spacial score (nSPS) is 16.1. The van der Waals surface area contributed by atoms with Crippen molar-refractivity contribution in [2.45, 2.75) is 59.0 Å². The van der Waals surface area contributed by atoms with E-state index in [1.54, 1.807) is 7.11 Å². The third kappa shape index (κ3) is 6.28. The SMILES string of the molecule is COc1c(C)c2c(c(NC(N)=O)c1CC=C(C)CCC(=O)OCCN1CCCCC1)C(=O)OC2. The van der Waals surface area contributed by atoms with Crippen molar-refractivity contribution in [3.05, 3.63) is 33.9 Å². The number of ether oxygens (including phenoxy) is 3. The number of methoxy groups -OCH3 is 1. The molecule has 1 aromatic rings. The van der Waals surface area contributed by atoms with E-state index in [0.29, 0.717) is 54.0 Å². The molecule has 0 radical (unpaired) electrons. The molecular weight excluding hydrogens is 438 g/mol. The zero-order chi connectivity index (χ0) is 24.7. The maximum Gasteiger partial charge on any atom is 0.341 e. The number of carbonyl (C=O) groups excluding carboxylic acids is 3. The molecule has 2 aliphatic rings. The fraction of sp³-hybridized carbons (Fsp3) is 0.560. The minimum Gasteiger partial charge on any atom is -0.496 e. The van der Waals surface area contributed by atoms with E-state index in [2.05, 4.69) is 10.2 Å². The largest absolute Gasteiger partial charge is 0.496 e. The predicted octanol–water partition coefficient (Wildman–Crippen LogP) is 3.46. The predicted molar refractivity (Wildman–Crippen MR) is 128 cm³/mol. The number of carbonyl (C=O) groups is 3. The van der Waals surface area contributed by atoms with Gasteiger partial charge in [0.05, 0.1) is 18.4 Å². The molecular formula is C25H35N3O6. The first kappa shape index (κ1) is 25.6. The number of primary amides is 1. The third-order valence-corrected chi connectivity index (χ3v) is 6.42. The molecule has 0 aromatic heterocycles.